The minimum Gasteiger partial charge on any atom is -0.464 e. The Hall–Kier alpha value is -2.36. The Balaban J connectivity index is 2.73. The van der Waals surface area contributed by atoms with E-state index in [1.807, 2.05) is 43.3 Å². The molecule has 1 rings (SSSR count). The predicted molar refractivity (Wildman–Crippen MR) is 82.7 cm³/mol. The fourth-order valence-corrected chi connectivity index (χ4v) is 1.76. The number of ether oxygens (including phenoxy) is 1. The molecule has 0 radical (unpaired) electrons. The van der Waals surface area contributed by atoms with Gasteiger partial charge in [0.05, 0.1) is 6.61 Å². The maximum absolute atomic E-state index is 11.9. The highest BCUT2D eigenvalue weighted by molar-refractivity contribution is 5.91. The van der Waals surface area contributed by atoms with E-state index in [0.29, 0.717) is 6.42 Å². The van der Waals surface area contributed by atoms with Crippen molar-refractivity contribution < 1.29 is 14.3 Å². The smallest absolute Gasteiger partial charge is 0.328 e. The molecule has 1 atom stereocenters. The van der Waals surface area contributed by atoms with Crippen LogP contribution >= 0.6 is 0 Å². The van der Waals surface area contributed by atoms with Gasteiger partial charge in [0, 0.05) is 12.5 Å². The molecule has 0 saturated heterocycles. The third kappa shape index (κ3) is 6.56. The number of benzene rings is 1. The van der Waals surface area contributed by atoms with Crippen LogP contribution in [-0.4, -0.2) is 24.5 Å². The predicted octanol–water partition coefficient (Wildman–Crippen LogP) is 2.41. The Labute approximate surface area is 125 Å². The van der Waals surface area contributed by atoms with E-state index in [1.165, 1.54) is 6.08 Å². The lowest BCUT2D eigenvalue weighted by Gasteiger charge is -2.16. The normalized spacial score (nSPS) is 12.5. The van der Waals surface area contributed by atoms with E-state index in [9.17, 15) is 9.59 Å². The van der Waals surface area contributed by atoms with E-state index in [-0.39, 0.29) is 12.5 Å². The average molecular weight is 287 g/mol. The molecule has 0 saturated carbocycles. The number of carbonyl (C=O) groups is 2. The molecule has 0 aliphatic carbocycles. The number of hydrogen-bond donors (Lipinski definition) is 1. The van der Waals surface area contributed by atoms with Crippen molar-refractivity contribution in [3.8, 4) is 0 Å². The zero-order valence-corrected chi connectivity index (χ0v) is 12.4. The van der Waals surface area contributed by atoms with Crippen LogP contribution in [0.15, 0.2) is 54.6 Å². The van der Waals surface area contributed by atoms with E-state index in [4.69, 9.17) is 4.74 Å². The average Bonchev–Trinajstić information content (AvgIpc) is 2.48. The molecule has 4 heteroatoms. The summed E-state index contributed by atoms with van der Waals surface area (Å²) in [5.41, 5.74) is 0.966. The van der Waals surface area contributed by atoms with Crippen LogP contribution in [0.4, 0.5) is 0 Å². The Morgan fingerprint density at radius 1 is 1.24 bits per heavy atom. The van der Waals surface area contributed by atoms with Crippen LogP contribution in [0.25, 0.3) is 0 Å². The number of rotatable bonds is 7. The number of amides is 1. The topological polar surface area (TPSA) is 55.4 Å². The van der Waals surface area contributed by atoms with Crippen molar-refractivity contribution in [3.05, 3.63) is 60.2 Å². The van der Waals surface area contributed by atoms with Gasteiger partial charge in [-0.3, -0.25) is 4.79 Å². The van der Waals surface area contributed by atoms with Gasteiger partial charge in [0.2, 0.25) is 5.91 Å². The number of carbonyl (C=O) groups excluding carboxylic acids is 2. The van der Waals surface area contributed by atoms with Crippen LogP contribution in [0.3, 0.4) is 0 Å². The van der Waals surface area contributed by atoms with Gasteiger partial charge in [0.25, 0.3) is 0 Å². The van der Waals surface area contributed by atoms with Crippen LogP contribution in [0.2, 0.25) is 0 Å². The van der Waals surface area contributed by atoms with Gasteiger partial charge in [-0.15, -0.1) is 0 Å². The molecular formula is C17H21NO3. The molecule has 1 unspecified atom stereocenters. The molecule has 0 spiro atoms. The summed E-state index contributed by atoms with van der Waals surface area (Å²) >= 11 is 0. The van der Waals surface area contributed by atoms with Gasteiger partial charge in [-0.2, -0.15) is 0 Å². The Morgan fingerprint density at radius 3 is 2.57 bits per heavy atom. The molecule has 0 aromatic heterocycles. The van der Waals surface area contributed by atoms with Gasteiger partial charge in [-0.05, 0) is 19.4 Å². The van der Waals surface area contributed by atoms with Crippen LogP contribution < -0.4 is 5.32 Å². The van der Waals surface area contributed by atoms with Gasteiger partial charge in [0.15, 0.2) is 0 Å². The first-order valence-electron chi connectivity index (χ1n) is 6.97. The molecule has 1 N–H and O–H groups in total. The zero-order chi connectivity index (χ0) is 15.5. The summed E-state index contributed by atoms with van der Waals surface area (Å²) in [7, 11) is 0. The summed E-state index contributed by atoms with van der Waals surface area (Å²) < 4.78 is 5.01. The molecule has 1 aromatic rings. The molecule has 1 amide bonds. The van der Waals surface area contributed by atoms with E-state index >= 15 is 0 Å². The van der Waals surface area contributed by atoms with Crippen LogP contribution in [0, 0.1) is 0 Å². The van der Waals surface area contributed by atoms with Gasteiger partial charge < -0.3 is 10.1 Å². The van der Waals surface area contributed by atoms with Gasteiger partial charge in [0.1, 0.15) is 6.04 Å². The number of allylic oxidation sites excluding steroid dienone is 3. The van der Waals surface area contributed by atoms with Crippen LogP contribution in [0.5, 0.6) is 0 Å². The number of hydrogen-bond acceptors (Lipinski definition) is 3. The standard InChI is InChI=1S/C17H21NO3/c1-3-5-7-12-16(19)18-15(17(20)21-4-2)13-14-10-8-6-9-11-14/h3,5-12,15H,4,13H2,1-2H3,(H,18,19)/b5-3+,12-7+. The molecule has 21 heavy (non-hydrogen) atoms. The highest BCUT2D eigenvalue weighted by Crippen LogP contribution is 2.05. The molecule has 0 bridgehead atoms. The summed E-state index contributed by atoms with van der Waals surface area (Å²) in [6.07, 6.45) is 6.98. The van der Waals surface area contributed by atoms with Crippen molar-refractivity contribution in [2.45, 2.75) is 26.3 Å². The second-order valence-corrected chi connectivity index (χ2v) is 4.39. The summed E-state index contributed by atoms with van der Waals surface area (Å²) in [5.74, 6) is -0.740. The van der Waals surface area contributed by atoms with Crippen LogP contribution in [-0.2, 0) is 20.7 Å². The minimum atomic E-state index is -0.685. The lowest BCUT2D eigenvalue weighted by atomic mass is 10.1. The van der Waals surface area contributed by atoms with Gasteiger partial charge in [-0.25, -0.2) is 4.79 Å². The maximum atomic E-state index is 11.9. The highest BCUT2D eigenvalue weighted by Gasteiger charge is 2.21. The maximum Gasteiger partial charge on any atom is 0.328 e. The van der Waals surface area contributed by atoms with Gasteiger partial charge in [-0.1, -0.05) is 48.6 Å². The molecule has 0 aliphatic heterocycles. The molecule has 112 valence electrons. The highest BCUT2D eigenvalue weighted by atomic mass is 16.5. The SMILES string of the molecule is C/C=C/C=C/C(=O)NC(Cc1ccccc1)C(=O)OCC. The third-order valence-corrected chi connectivity index (χ3v) is 2.72. The molecule has 0 fully saturated rings. The minimum absolute atomic E-state index is 0.286. The summed E-state index contributed by atoms with van der Waals surface area (Å²) in [6.45, 7) is 3.89. The van der Waals surface area contributed by atoms with E-state index in [1.54, 1.807) is 19.1 Å². The molecule has 1 aromatic carbocycles. The fourth-order valence-electron chi connectivity index (χ4n) is 1.76. The Kier molecular flexibility index (Phi) is 7.58. The third-order valence-electron chi connectivity index (χ3n) is 2.72. The van der Waals surface area contributed by atoms with Crippen molar-refractivity contribution in [1.82, 2.24) is 5.32 Å². The molecule has 0 heterocycles. The summed E-state index contributed by atoms with van der Waals surface area (Å²) in [5, 5.41) is 2.67. The van der Waals surface area contributed by atoms with E-state index in [2.05, 4.69) is 5.32 Å². The van der Waals surface area contributed by atoms with Crippen molar-refractivity contribution in [2.75, 3.05) is 6.61 Å². The number of esters is 1. The lowest BCUT2D eigenvalue weighted by Crippen LogP contribution is -2.42. The first-order chi connectivity index (χ1) is 10.2. The largest absolute Gasteiger partial charge is 0.464 e. The molecule has 4 nitrogen and oxygen atoms in total. The van der Waals surface area contributed by atoms with E-state index in [0.717, 1.165) is 5.56 Å². The first-order valence-corrected chi connectivity index (χ1v) is 6.97. The quantitative estimate of drug-likeness (QED) is 0.476. The summed E-state index contributed by atoms with van der Waals surface area (Å²) in [4.78, 5) is 23.7. The molecular weight excluding hydrogens is 266 g/mol. The zero-order valence-electron chi connectivity index (χ0n) is 12.4. The summed E-state index contributed by atoms with van der Waals surface area (Å²) in [6, 6.07) is 8.83. The Morgan fingerprint density at radius 2 is 1.95 bits per heavy atom. The fraction of sp³-hybridized carbons (Fsp3) is 0.294. The van der Waals surface area contributed by atoms with Crippen molar-refractivity contribution in [1.29, 1.82) is 0 Å². The number of nitrogens with one attached hydrogen (secondary N) is 1. The van der Waals surface area contributed by atoms with Gasteiger partial charge >= 0.3 is 5.97 Å². The Bertz CT molecular complexity index is 506. The van der Waals surface area contributed by atoms with Crippen molar-refractivity contribution >= 4 is 11.9 Å². The first kappa shape index (κ1) is 16.7. The monoisotopic (exact) mass is 287 g/mol. The van der Waals surface area contributed by atoms with Crippen LogP contribution in [0.1, 0.15) is 19.4 Å². The lowest BCUT2D eigenvalue weighted by molar-refractivity contribution is -0.146. The van der Waals surface area contributed by atoms with Crippen molar-refractivity contribution in [3.63, 3.8) is 0 Å². The van der Waals surface area contributed by atoms with Crippen molar-refractivity contribution in [2.24, 2.45) is 0 Å². The second-order valence-electron chi connectivity index (χ2n) is 4.39. The molecule has 0 aliphatic rings. The van der Waals surface area contributed by atoms with E-state index < -0.39 is 12.0 Å². The second kappa shape index (κ2) is 9.53.